The Hall–Kier alpha value is -1.84. The largest absolute Gasteiger partial charge is 0.505 e. The van der Waals surface area contributed by atoms with Gasteiger partial charge >= 0.3 is 0 Å². The van der Waals surface area contributed by atoms with Gasteiger partial charge < -0.3 is 5.11 Å². The van der Waals surface area contributed by atoms with Crippen LogP contribution in [-0.4, -0.2) is 20.5 Å². The predicted molar refractivity (Wildman–Crippen MR) is 49.5 cm³/mol. The molecular formula is C9H9N3O. The summed E-state index contributed by atoms with van der Waals surface area (Å²) in [5.41, 5.74) is 2.00. The number of aromatic amines is 1. The fourth-order valence-corrected chi connectivity index (χ4v) is 1.26. The molecule has 0 saturated heterocycles. The summed E-state index contributed by atoms with van der Waals surface area (Å²) in [5, 5.41) is 19.9. The van der Waals surface area contributed by atoms with E-state index >= 15 is 0 Å². The molecule has 1 aromatic carbocycles. The number of nitrogens with one attached hydrogen (secondary N) is 1. The molecule has 0 radical (unpaired) electrons. The molecule has 2 aromatic rings. The SMILES string of the molecule is C=CCc1ccc2n[nH]nc2c1O. The summed E-state index contributed by atoms with van der Waals surface area (Å²) in [7, 11) is 0. The first-order valence-electron chi connectivity index (χ1n) is 3.95. The summed E-state index contributed by atoms with van der Waals surface area (Å²) >= 11 is 0. The van der Waals surface area contributed by atoms with Gasteiger partial charge in [-0.25, -0.2) is 0 Å². The minimum Gasteiger partial charge on any atom is -0.505 e. The number of fused-ring (bicyclic) bond motifs is 1. The molecule has 2 N–H and O–H groups in total. The molecule has 13 heavy (non-hydrogen) atoms. The monoisotopic (exact) mass is 175 g/mol. The zero-order valence-electron chi connectivity index (χ0n) is 6.99. The lowest BCUT2D eigenvalue weighted by molar-refractivity contribution is 0.475. The number of phenolic OH excluding ortho intramolecular Hbond substituents is 1. The summed E-state index contributed by atoms with van der Waals surface area (Å²) < 4.78 is 0. The Kier molecular flexibility index (Phi) is 1.73. The van der Waals surface area contributed by atoms with Gasteiger partial charge in [0.15, 0.2) is 5.52 Å². The molecule has 4 nitrogen and oxygen atoms in total. The fourth-order valence-electron chi connectivity index (χ4n) is 1.26. The number of benzene rings is 1. The Morgan fingerprint density at radius 1 is 1.46 bits per heavy atom. The highest BCUT2D eigenvalue weighted by Gasteiger charge is 2.07. The number of hydrogen-bond acceptors (Lipinski definition) is 3. The van der Waals surface area contributed by atoms with Gasteiger partial charge in [-0.1, -0.05) is 12.1 Å². The van der Waals surface area contributed by atoms with E-state index in [2.05, 4.69) is 22.0 Å². The molecule has 66 valence electrons. The maximum Gasteiger partial charge on any atom is 0.154 e. The molecule has 0 aliphatic heterocycles. The quantitative estimate of drug-likeness (QED) is 0.678. The molecule has 2 rings (SSSR count). The third-order valence-electron chi connectivity index (χ3n) is 1.91. The van der Waals surface area contributed by atoms with Crippen molar-refractivity contribution in [1.82, 2.24) is 15.4 Å². The molecular weight excluding hydrogens is 166 g/mol. The van der Waals surface area contributed by atoms with E-state index in [1.165, 1.54) is 0 Å². The summed E-state index contributed by atoms with van der Waals surface area (Å²) in [6.45, 7) is 3.61. The second-order valence-electron chi connectivity index (χ2n) is 2.76. The van der Waals surface area contributed by atoms with Crippen LogP contribution in [0.25, 0.3) is 11.0 Å². The average Bonchev–Trinajstić information content (AvgIpc) is 2.58. The van der Waals surface area contributed by atoms with Crippen LogP contribution in [0.1, 0.15) is 5.56 Å². The van der Waals surface area contributed by atoms with E-state index in [0.717, 1.165) is 5.56 Å². The molecule has 0 bridgehead atoms. The molecule has 4 heteroatoms. The lowest BCUT2D eigenvalue weighted by Crippen LogP contribution is -1.83. The summed E-state index contributed by atoms with van der Waals surface area (Å²) in [6, 6.07) is 3.64. The summed E-state index contributed by atoms with van der Waals surface area (Å²) in [6.07, 6.45) is 2.37. The van der Waals surface area contributed by atoms with Crippen LogP contribution in [0.3, 0.4) is 0 Å². The Labute approximate surface area is 74.9 Å². The van der Waals surface area contributed by atoms with Gasteiger partial charge in [-0.2, -0.15) is 15.4 Å². The van der Waals surface area contributed by atoms with E-state index in [1.54, 1.807) is 6.08 Å². The van der Waals surface area contributed by atoms with Gasteiger partial charge in [0.1, 0.15) is 11.3 Å². The van der Waals surface area contributed by atoms with Crippen LogP contribution < -0.4 is 0 Å². The van der Waals surface area contributed by atoms with Crippen LogP contribution in [0.2, 0.25) is 0 Å². The van der Waals surface area contributed by atoms with Gasteiger partial charge in [0, 0.05) is 5.56 Å². The molecule has 0 amide bonds. The van der Waals surface area contributed by atoms with Crippen molar-refractivity contribution in [3.63, 3.8) is 0 Å². The van der Waals surface area contributed by atoms with Gasteiger partial charge in [0.25, 0.3) is 0 Å². The van der Waals surface area contributed by atoms with Crippen molar-refractivity contribution in [3.8, 4) is 5.75 Å². The van der Waals surface area contributed by atoms with E-state index in [4.69, 9.17) is 0 Å². The Bertz CT molecular complexity index is 447. The van der Waals surface area contributed by atoms with Gasteiger partial charge in [-0.15, -0.1) is 6.58 Å². The maximum atomic E-state index is 9.70. The normalized spacial score (nSPS) is 10.5. The van der Waals surface area contributed by atoms with Crippen LogP contribution in [0.15, 0.2) is 24.8 Å². The van der Waals surface area contributed by atoms with Crippen LogP contribution in [0, 0.1) is 0 Å². The number of nitrogens with zero attached hydrogens (tertiary/aromatic N) is 2. The zero-order chi connectivity index (χ0) is 9.26. The van der Waals surface area contributed by atoms with Crippen LogP contribution in [0.4, 0.5) is 0 Å². The Morgan fingerprint density at radius 3 is 3.08 bits per heavy atom. The Balaban J connectivity index is 2.65. The van der Waals surface area contributed by atoms with Gasteiger partial charge in [-0.3, -0.25) is 0 Å². The molecule has 1 heterocycles. The van der Waals surface area contributed by atoms with E-state index in [1.807, 2.05) is 12.1 Å². The van der Waals surface area contributed by atoms with E-state index in [0.29, 0.717) is 17.5 Å². The first kappa shape index (κ1) is 7.79. The predicted octanol–water partition coefficient (Wildman–Crippen LogP) is 1.39. The molecule has 0 spiro atoms. The molecule has 0 aliphatic carbocycles. The fraction of sp³-hybridized carbons (Fsp3) is 0.111. The highest BCUT2D eigenvalue weighted by Crippen LogP contribution is 2.25. The second kappa shape index (κ2) is 2.90. The third kappa shape index (κ3) is 1.16. The minimum atomic E-state index is 0.186. The van der Waals surface area contributed by atoms with Gasteiger partial charge in [-0.05, 0) is 12.5 Å². The van der Waals surface area contributed by atoms with E-state index < -0.39 is 0 Å². The lowest BCUT2D eigenvalue weighted by Gasteiger charge is -1.99. The third-order valence-corrected chi connectivity index (χ3v) is 1.91. The zero-order valence-corrected chi connectivity index (χ0v) is 6.99. The van der Waals surface area contributed by atoms with Gasteiger partial charge in [0.2, 0.25) is 0 Å². The number of phenols is 1. The minimum absolute atomic E-state index is 0.186. The molecule has 0 saturated carbocycles. The lowest BCUT2D eigenvalue weighted by atomic mass is 10.1. The number of aromatic nitrogens is 3. The Morgan fingerprint density at radius 2 is 2.31 bits per heavy atom. The van der Waals surface area contributed by atoms with Crippen LogP contribution in [0.5, 0.6) is 5.75 Å². The van der Waals surface area contributed by atoms with Crippen molar-refractivity contribution in [2.24, 2.45) is 0 Å². The molecule has 1 aromatic heterocycles. The number of allylic oxidation sites excluding steroid dienone is 1. The summed E-state index contributed by atoms with van der Waals surface area (Å²) in [5.74, 6) is 0.186. The van der Waals surface area contributed by atoms with Crippen molar-refractivity contribution in [2.75, 3.05) is 0 Å². The summed E-state index contributed by atoms with van der Waals surface area (Å²) in [4.78, 5) is 0. The first-order chi connectivity index (χ1) is 6.33. The smallest absolute Gasteiger partial charge is 0.154 e. The van der Waals surface area contributed by atoms with Crippen molar-refractivity contribution >= 4 is 11.0 Å². The van der Waals surface area contributed by atoms with Crippen molar-refractivity contribution in [1.29, 1.82) is 0 Å². The van der Waals surface area contributed by atoms with Gasteiger partial charge in [0.05, 0.1) is 0 Å². The van der Waals surface area contributed by atoms with Crippen molar-refractivity contribution < 1.29 is 5.11 Å². The van der Waals surface area contributed by atoms with E-state index in [-0.39, 0.29) is 5.75 Å². The van der Waals surface area contributed by atoms with Crippen LogP contribution in [-0.2, 0) is 6.42 Å². The standard InChI is InChI=1S/C9H9N3O/c1-2-3-6-4-5-7-8(9(6)13)11-12-10-7/h2,4-5,13H,1,3H2,(H,10,11,12). The molecule has 0 aliphatic rings. The van der Waals surface area contributed by atoms with Crippen molar-refractivity contribution in [2.45, 2.75) is 6.42 Å². The van der Waals surface area contributed by atoms with E-state index in [9.17, 15) is 5.11 Å². The number of hydrogen-bond donors (Lipinski definition) is 2. The molecule has 0 atom stereocenters. The number of rotatable bonds is 2. The average molecular weight is 175 g/mol. The van der Waals surface area contributed by atoms with Crippen molar-refractivity contribution in [3.05, 3.63) is 30.4 Å². The maximum absolute atomic E-state index is 9.70. The topological polar surface area (TPSA) is 61.8 Å². The number of aromatic hydroxyl groups is 1. The molecule has 0 fully saturated rings. The second-order valence-corrected chi connectivity index (χ2v) is 2.76. The van der Waals surface area contributed by atoms with Crippen LogP contribution >= 0.6 is 0 Å². The highest BCUT2D eigenvalue weighted by atomic mass is 16.3. The number of H-pyrrole nitrogens is 1. The molecule has 0 unspecified atom stereocenters. The first-order valence-corrected chi connectivity index (χ1v) is 3.95. The highest BCUT2D eigenvalue weighted by molar-refractivity contribution is 5.81.